The van der Waals surface area contributed by atoms with Crippen molar-refractivity contribution in [3.63, 3.8) is 0 Å². The zero-order valence-electron chi connectivity index (χ0n) is 7.17. The standard InChI is InChI=1S/C9H10ClNOS/c1-6-4-7(2-3-8(6)10)11-9(12)5-13/h2-4,13H,5H2,1H3,(H,11,12). The lowest BCUT2D eigenvalue weighted by molar-refractivity contribution is -0.113. The van der Waals surface area contributed by atoms with Crippen molar-refractivity contribution >= 4 is 35.8 Å². The molecule has 0 aromatic heterocycles. The highest BCUT2D eigenvalue weighted by Gasteiger charge is 2.00. The van der Waals surface area contributed by atoms with Gasteiger partial charge < -0.3 is 5.32 Å². The molecule has 0 atom stereocenters. The van der Waals surface area contributed by atoms with Gasteiger partial charge in [0.15, 0.2) is 0 Å². The Kier molecular flexibility index (Phi) is 3.63. The summed E-state index contributed by atoms with van der Waals surface area (Å²) in [5.41, 5.74) is 1.69. The van der Waals surface area contributed by atoms with Crippen LogP contribution in [0.25, 0.3) is 0 Å². The van der Waals surface area contributed by atoms with Crippen LogP contribution in [-0.4, -0.2) is 11.7 Å². The summed E-state index contributed by atoms with van der Waals surface area (Å²) in [7, 11) is 0. The molecule has 0 saturated carbocycles. The number of nitrogens with one attached hydrogen (secondary N) is 1. The molecule has 1 rings (SSSR count). The van der Waals surface area contributed by atoms with Crippen molar-refractivity contribution < 1.29 is 4.79 Å². The number of halogens is 1. The highest BCUT2D eigenvalue weighted by atomic mass is 35.5. The van der Waals surface area contributed by atoms with E-state index in [1.54, 1.807) is 12.1 Å². The molecule has 0 unspecified atom stereocenters. The Balaban J connectivity index is 2.79. The number of anilines is 1. The topological polar surface area (TPSA) is 29.1 Å². The highest BCUT2D eigenvalue weighted by molar-refractivity contribution is 7.81. The fourth-order valence-corrected chi connectivity index (χ4v) is 1.12. The van der Waals surface area contributed by atoms with E-state index in [-0.39, 0.29) is 11.7 Å². The van der Waals surface area contributed by atoms with Crippen molar-refractivity contribution in [1.82, 2.24) is 0 Å². The highest BCUT2D eigenvalue weighted by Crippen LogP contribution is 2.19. The van der Waals surface area contributed by atoms with E-state index < -0.39 is 0 Å². The molecule has 0 aliphatic rings. The number of rotatable bonds is 2. The number of hydrogen-bond acceptors (Lipinski definition) is 2. The van der Waals surface area contributed by atoms with E-state index in [0.717, 1.165) is 11.3 Å². The monoisotopic (exact) mass is 215 g/mol. The van der Waals surface area contributed by atoms with Crippen molar-refractivity contribution in [1.29, 1.82) is 0 Å². The van der Waals surface area contributed by atoms with E-state index in [1.807, 2.05) is 13.0 Å². The van der Waals surface area contributed by atoms with Gasteiger partial charge in [0.25, 0.3) is 0 Å². The second kappa shape index (κ2) is 4.53. The lowest BCUT2D eigenvalue weighted by Crippen LogP contribution is -2.12. The van der Waals surface area contributed by atoms with Crippen LogP contribution < -0.4 is 5.32 Å². The fraction of sp³-hybridized carbons (Fsp3) is 0.222. The molecule has 0 fully saturated rings. The van der Waals surface area contributed by atoms with Gasteiger partial charge in [0, 0.05) is 10.7 Å². The Morgan fingerprint density at radius 3 is 2.85 bits per heavy atom. The van der Waals surface area contributed by atoms with Crippen molar-refractivity contribution in [3.8, 4) is 0 Å². The van der Waals surface area contributed by atoms with Gasteiger partial charge in [-0.2, -0.15) is 12.6 Å². The average Bonchev–Trinajstić information content (AvgIpc) is 2.11. The summed E-state index contributed by atoms with van der Waals surface area (Å²) < 4.78 is 0. The molecule has 2 nitrogen and oxygen atoms in total. The number of benzene rings is 1. The van der Waals surface area contributed by atoms with Gasteiger partial charge in [-0.05, 0) is 30.7 Å². The average molecular weight is 216 g/mol. The molecule has 0 bridgehead atoms. The maximum atomic E-state index is 11.0. The van der Waals surface area contributed by atoms with Crippen LogP contribution >= 0.6 is 24.2 Å². The van der Waals surface area contributed by atoms with E-state index >= 15 is 0 Å². The van der Waals surface area contributed by atoms with Crippen molar-refractivity contribution in [2.45, 2.75) is 6.92 Å². The maximum absolute atomic E-state index is 11.0. The van der Waals surface area contributed by atoms with Crippen LogP contribution in [-0.2, 0) is 4.79 Å². The van der Waals surface area contributed by atoms with E-state index in [0.29, 0.717) is 5.02 Å². The number of carbonyl (C=O) groups excluding carboxylic acids is 1. The minimum Gasteiger partial charge on any atom is -0.325 e. The molecule has 4 heteroatoms. The first-order chi connectivity index (χ1) is 6.13. The van der Waals surface area contributed by atoms with E-state index in [1.165, 1.54) is 0 Å². The quantitative estimate of drug-likeness (QED) is 0.730. The first-order valence-corrected chi connectivity index (χ1v) is 4.81. The molecule has 1 aromatic carbocycles. The second-order valence-electron chi connectivity index (χ2n) is 2.67. The van der Waals surface area contributed by atoms with Gasteiger partial charge in [0.2, 0.25) is 5.91 Å². The summed E-state index contributed by atoms with van der Waals surface area (Å²) in [6.07, 6.45) is 0. The predicted molar refractivity (Wildman–Crippen MR) is 58.7 cm³/mol. The third-order valence-electron chi connectivity index (χ3n) is 1.59. The summed E-state index contributed by atoms with van der Waals surface area (Å²) >= 11 is 9.68. The molecule has 13 heavy (non-hydrogen) atoms. The molecule has 1 aromatic rings. The van der Waals surface area contributed by atoms with Crippen LogP contribution in [0.3, 0.4) is 0 Å². The summed E-state index contributed by atoms with van der Waals surface area (Å²) in [5, 5.41) is 3.38. The second-order valence-corrected chi connectivity index (χ2v) is 3.39. The van der Waals surface area contributed by atoms with Crippen LogP contribution in [0.15, 0.2) is 18.2 Å². The molecule has 70 valence electrons. The lowest BCUT2D eigenvalue weighted by Gasteiger charge is -2.04. The molecule has 0 radical (unpaired) electrons. The Morgan fingerprint density at radius 2 is 2.31 bits per heavy atom. The summed E-state index contributed by atoms with van der Waals surface area (Å²) in [5.74, 6) is 0.0619. The molecule has 0 heterocycles. The smallest absolute Gasteiger partial charge is 0.234 e. The van der Waals surface area contributed by atoms with Gasteiger partial charge in [-0.1, -0.05) is 11.6 Å². The zero-order valence-corrected chi connectivity index (χ0v) is 8.82. The zero-order chi connectivity index (χ0) is 9.84. The number of aryl methyl sites for hydroxylation is 1. The van der Waals surface area contributed by atoms with Crippen molar-refractivity contribution in [2.75, 3.05) is 11.1 Å². The molecule has 0 saturated heterocycles. The van der Waals surface area contributed by atoms with Crippen LogP contribution in [0.4, 0.5) is 5.69 Å². The molecule has 0 spiro atoms. The van der Waals surface area contributed by atoms with Crippen molar-refractivity contribution in [3.05, 3.63) is 28.8 Å². The van der Waals surface area contributed by atoms with E-state index in [4.69, 9.17) is 11.6 Å². The van der Waals surface area contributed by atoms with Gasteiger partial charge in [0.1, 0.15) is 0 Å². The molecule has 1 N–H and O–H groups in total. The van der Waals surface area contributed by atoms with Crippen LogP contribution in [0.2, 0.25) is 5.02 Å². The Hall–Kier alpha value is -0.670. The number of amides is 1. The Morgan fingerprint density at radius 1 is 1.62 bits per heavy atom. The number of thiol groups is 1. The minimum atomic E-state index is -0.120. The third kappa shape index (κ3) is 2.94. The Bertz CT molecular complexity index is 327. The largest absolute Gasteiger partial charge is 0.325 e. The SMILES string of the molecule is Cc1cc(NC(=O)CS)ccc1Cl. The van der Waals surface area contributed by atoms with Crippen LogP contribution in [0.1, 0.15) is 5.56 Å². The van der Waals surface area contributed by atoms with Gasteiger partial charge >= 0.3 is 0 Å². The molecule has 1 amide bonds. The minimum absolute atomic E-state index is 0.120. The maximum Gasteiger partial charge on any atom is 0.234 e. The Labute approximate surface area is 87.7 Å². The molecular formula is C9H10ClNOS. The first-order valence-electron chi connectivity index (χ1n) is 3.80. The van der Waals surface area contributed by atoms with Gasteiger partial charge in [-0.3, -0.25) is 4.79 Å². The summed E-state index contributed by atoms with van der Waals surface area (Å²) in [6.45, 7) is 1.89. The van der Waals surface area contributed by atoms with Gasteiger partial charge in [-0.15, -0.1) is 0 Å². The molecule has 0 aliphatic carbocycles. The van der Waals surface area contributed by atoms with Crippen molar-refractivity contribution in [2.24, 2.45) is 0 Å². The molecular weight excluding hydrogens is 206 g/mol. The third-order valence-corrected chi connectivity index (χ3v) is 2.30. The molecule has 0 aliphatic heterocycles. The lowest BCUT2D eigenvalue weighted by atomic mass is 10.2. The first kappa shape index (κ1) is 10.4. The number of hydrogen-bond donors (Lipinski definition) is 2. The van der Waals surface area contributed by atoms with Crippen LogP contribution in [0, 0.1) is 6.92 Å². The summed E-state index contributed by atoms with van der Waals surface area (Å²) in [6, 6.07) is 5.34. The predicted octanol–water partition coefficient (Wildman–Crippen LogP) is 2.52. The fourth-order valence-electron chi connectivity index (χ4n) is 0.923. The van der Waals surface area contributed by atoms with Gasteiger partial charge in [-0.25, -0.2) is 0 Å². The normalized spacial score (nSPS) is 9.77. The number of carbonyl (C=O) groups is 1. The van der Waals surface area contributed by atoms with E-state index in [2.05, 4.69) is 17.9 Å². The van der Waals surface area contributed by atoms with Gasteiger partial charge in [0.05, 0.1) is 5.75 Å². The van der Waals surface area contributed by atoms with E-state index in [9.17, 15) is 4.79 Å². The van der Waals surface area contributed by atoms with Crippen LogP contribution in [0.5, 0.6) is 0 Å². The summed E-state index contributed by atoms with van der Waals surface area (Å²) in [4.78, 5) is 11.0.